The number of hydrogen-bond donors (Lipinski definition) is 1. The smallest absolute Gasteiger partial charge is 0.170 e. The summed E-state index contributed by atoms with van der Waals surface area (Å²) in [5.74, 6) is 4.14. The fourth-order valence-electron chi connectivity index (χ4n) is 3.48. The molecule has 2 atom stereocenters. The average molecular weight is 220 g/mol. The first-order valence-electron chi connectivity index (χ1n) is 6.56. The number of hydrogen-bond acceptors (Lipinski definition) is 3. The van der Waals surface area contributed by atoms with Crippen LogP contribution < -0.4 is 5.73 Å². The summed E-state index contributed by atoms with van der Waals surface area (Å²) in [6, 6.07) is 0. The standard InChI is InChI=1S/C13H20N2O/c1-2-5-10-12(16-15-13(10)14)11-8-6-3-4-7-9(8)11/h8-9,11H,2-7H2,1H3,(H2,14,15). The second-order valence-corrected chi connectivity index (χ2v) is 5.30. The second kappa shape index (κ2) is 3.79. The monoisotopic (exact) mass is 220 g/mol. The van der Waals surface area contributed by atoms with Crippen molar-refractivity contribution in [1.29, 1.82) is 0 Å². The third-order valence-corrected chi connectivity index (χ3v) is 4.31. The van der Waals surface area contributed by atoms with Gasteiger partial charge in [-0.2, -0.15) is 0 Å². The maximum atomic E-state index is 5.88. The minimum atomic E-state index is 0.625. The van der Waals surface area contributed by atoms with Crippen molar-refractivity contribution < 1.29 is 4.52 Å². The van der Waals surface area contributed by atoms with Crippen molar-refractivity contribution in [3.8, 4) is 0 Å². The van der Waals surface area contributed by atoms with E-state index in [-0.39, 0.29) is 0 Å². The molecule has 0 saturated heterocycles. The third kappa shape index (κ3) is 1.45. The van der Waals surface area contributed by atoms with Gasteiger partial charge in [0.2, 0.25) is 0 Å². The van der Waals surface area contributed by atoms with Gasteiger partial charge in [0.25, 0.3) is 0 Å². The van der Waals surface area contributed by atoms with Gasteiger partial charge in [0.15, 0.2) is 5.82 Å². The molecule has 3 heteroatoms. The first kappa shape index (κ1) is 10.2. The van der Waals surface area contributed by atoms with E-state index in [0.717, 1.165) is 30.4 Å². The molecule has 1 heterocycles. The molecular formula is C13H20N2O. The Labute approximate surface area is 96.4 Å². The van der Waals surface area contributed by atoms with Crippen molar-refractivity contribution in [3.63, 3.8) is 0 Å². The van der Waals surface area contributed by atoms with Crippen LogP contribution in [0.15, 0.2) is 4.52 Å². The number of aromatic nitrogens is 1. The highest BCUT2D eigenvalue weighted by Crippen LogP contribution is 2.62. The van der Waals surface area contributed by atoms with E-state index in [0.29, 0.717) is 11.7 Å². The molecule has 2 saturated carbocycles. The molecule has 2 aliphatic carbocycles. The van der Waals surface area contributed by atoms with Crippen LogP contribution in [-0.4, -0.2) is 5.16 Å². The Balaban J connectivity index is 1.84. The predicted molar refractivity (Wildman–Crippen MR) is 63.1 cm³/mol. The summed E-state index contributed by atoms with van der Waals surface area (Å²) in [5, 5.41) is 3.96. The minimum Gasteiger partial charge on any atom is -0.381 e. The van der Waals surface area contributed by atoms with Gasteiger partial charge in [-0.15, -0.1) is 0 Å². The lowest BCUT2D eigenvalue weighted by molar-refractivity contribution is 0.378. The van der Waals surface area contributed by atoms with E-state index < -0.39 is 0 Å². The molecule has 0 amide bonds. The van der Waals surface area contributed by atoms with Gasteiger partial charge in [-0.25, -0.2) is 0 Å². The molecule has 88 valence electrons. The highest BCUT2D eigenvalue weighted by Gasteiger charge is 2.54. The van der Waals surface area contributed by atoms with Crippen LogP contribution in [0.1, 0.15) is 56.3 Å². The van der Waals surface area contributed by atoms with Crippen molar-refractivity contribution in [2.45, 2.75) is 51.4 Å². The van der Waals surface area contributed by atoms with Crippen LogP contribution in [0, 0.1) is 11.8 Å². The summed E-state index contributed by atoms with van der Waals surface area (Å²) in [6.45, 7) is 2.18. The van der Waals surface area contributed by atoms with Crippen LogP contribution in [0.3, 0.4) is 0 Å². The Morgan fingerprint density at radius 3 is 2.62 bits per heavy atom. The van der Waals surface area contributed by atoms with Crippen LogP contribution in [0.25, 0.3) is 0 Å². The zero-order valence-corrected chi connectivity index (χ0v) is 9.91. The lowest BCUT2D eigenvalue weighted by Crippen LogP contribution is -1.94. The normalized spacial score (nSPS) is 32.4. The fourth-order valence-corrected chi connectivity index (χ4v) is 3.48. The molecule has 2 fully saturated rings. The van der Waals surface area contributed by atoms with E-state index in [1.54, 1.807) is 0 Å². The molecule has 3 nitrogen and oxygen atoms in total. The number of nitrogens with two attached hydrogens (primary N) is 1. The Bertz CT molecular complexity index is 373. The molecule has 2 aliphatic rings. The second-order valence-electron chi connectivity index (χ2n) is 5.30. The zero-order valence-electron chi connectivity index (χ0n) is 9.91. The summed E-state index contributed by atoms with van der Waals surface area (Å²) >= 11 is 0. The first-order valence-corrected chi connectivity index (χ1v) is 6.56. The molecule has 2 unspecified atom stereocenters. The number of anilines is 1. The van der Waals surface area contributed by atoms with E-state index in [4.69, 9.17) is 10.3 Å². The van der Waals surface area contributed by atoms with Gasteiger partial charge in [-0.3, -0.25) is 0 Å². The van der Waals surface area contributed by atoms with E-state index in [9.17, 15) is 0 Å². The molecule has 0 spiro atoms. The molecule has 1 aromatic rings. The summed E-state index contributed by atoms with van der Waals surface area (Å²) in [4.78, 5) is 0. The molecule has 0 aromatic carbocycles. The SMILES string of the molecule is CCCc1c(N)noc1C1C2CCCCC21. The number of nitrogens with zero attached hydrogens (tertiary/aromatic N) is 1. The number of rotatable bonds is 3. The van der Waals surface area contributed by atoms with E-state index in [1.165, 1.54) is 31.2 Å². The molecule has 0 aliphatic heterocycles. The summed E-state index contributed by atoms with van der Waals surface area (Å²) in [6.07, 6.45) is 7.67. The van der Waals surface area contributed by atoms with Crippen molar-refractivity contribution in [2.24, 2.45) is 11.8 Å². The lowest BCUT2D eigenvalue weighted by Gasteiger charge is -2.04. The van der Waals surface area contributed by atoms with Gasteiger partial charge in [0.1, 0.15) is 5.76 Å². The maximum absolute atomic E-state index is 5.88. The topological polar surface area (TPSA) is 52.0 Å². The van der Waals surface area contributed by atoms with Gasteiger partial charge in [-0.1, -0.05) is 31.3 Å². The largest absolute Gasteiger partial charge is 0.381 e. The van der Waals surface area contributed by atoms with Gasteiger partial charge in [0, 0.05) is 11.5 Å². The third-order valence-electron chi connectivity index (χ3n) is 4.31. The molecular weight excluding hydrogens is 200 g/mol. The van der Waals surface area contributed by atoms with Crippen molar-refractivity contribution in [3.05, 3.63) is 11.3 Å². The quantitative estimate of drug-likeness (QED) is 0.851. The van der Waals surface area contributed by atoms with Crippen molar-refractivity contribution in [2.75, 3.05) is 5.73 Å². The van der Waals surface area contributed by atoms with Crippen molar-refractivity contribution >= 4 is 5.82 Å². The molecule has 3 rings (SSSR count). The first-order chi connectivity index (χ1) is 7.83. The van der Waals surface area contributed by atoms with Gasteiger partial charge < -0.3 is 10.3 Å². The molecule has 0 radical (unpaired) electrons. The number of fused-ring (bicyclic) bond motifs is 1. The highest BCUT2D eigenvalue weighted by molar-refractivity contribution is 5.44. The van der Waals surface area contributed by atoms with E-state index in [2.05, 4.69) is 12.1 Å². The Morgan fingerprint density at radius 2 is 2.00 bits per heavy atom. The molecule has 2 N–H and O–H groups in total. The average Bonchev–Trinajstić information content (AvgIpc) is 2.93. The Kier molecular flexibility index (Phi) is 2.41. The van der Waals surface area contributed by atoms with E-state index >= 15 is 0 Å². The number of nitrogen functional groups attached to an aromatic ring is 1. The van der Waals surface area contributed by atoms with E-state index in [1.807, 2.05) is 0 Å². The van der Waals surface area contributed by atoms with Gasteiger partial charge in [0.05, 0.1) is 0 Å². The van der Waals surface area contributed by atoms with Gasteiger partial charge >= 0.3 is 0 Å². The van der Waals surface area contributed by atoms with Crippen LogP contribution in [-0.2, 0) is 6.42 Å². The predicted octanol–water partition coefficient (Wildman–Crippen LogP) is 3.11. The van der Waals surface area contributed by atoms with Crippen LogP contribution in [0.5, 0.6) is 0 Å². The molecule has 16 heavy (non-hydrogen) atoms. The molecule has 1 aromatic heterocycles. The Morgan fingerprint density at radius 1 is 1.31 bits per heavy atom. The lowest BCUT2D eigenvalue weighted by atomic mass is 10.0. The summed E-state index contributed by atoms with van der Waals surface area (Å²) < 4.78 is 5.49. The van der Waals surface area contributed by atoms with Gasteiger partial charge in [-0.05, 0) is 31.1 Å². The van der Waals surface area contributed by atoms with Crippen molar-refractivity contribution in [1.82, 2.24) is 5.16 Å². The van der Waals surface area contributed by atoms with Crippen LogP contribution in [0.2, 0.25) is 0 Å². The fraction of sp³-hybridized carbons (Fsp3) is 0.769. The molecule has 0 bridgehead atoms. The summed E-state index contributed by atoms with van der Waals surface area (Å²) in [5.41, 5.74) is 7.07. The van der Waals surface area contributed by atoms with Crippen LogP contribution in [0.4, 0.5) is 5.82 Å². The minimum absolute atomic E-state index is 0.625. The summed E-state index contributed by atoms with van der Waals surface area (Å²) in [7, 11) is 0. The highest BCUT2D eigenvalue weighted by atomic mass is 16.5. The Hall–Kier alpha value is -0.990. The maximum Gasteiger partial charge on any atom is 0.170 e. The van der Waals surface area contributed by atoms with Crippen LogP contribution >= 0.6 is 0 Å². The zero-order chi connectivity index (χ0) is 11.1.